The van der Waals surface area contributed by atoms with E-state index in [0.717, 1.165) is 25.8 Å². The largest absolute Gasteiger partial charge is 0.314 e. The summed E-state index contributed by atoms with van der Waals surface area (Å²) >= 11 is 12.1. The molecule has 1 N–H and O–H groups in total. The Morgan fingerprint density at radius 2 is 1.71 bits per heavy atom. The smallest absolute Gasteiger partial charge is 0.0595 e. The fourth-order valence-corrected chi connectivity index (χ4v) is 2.82. The molecule has 2 aromatic carbocycles. The van der Waals surface area contributed by atoms with Gasteiger partial charge in [0.1, 0.15) is 0 Å². The zero-order valence-electron chi connectivity index (χ0n) is 12.3. The van der Waals surface area contributed by atoms with Gasteiger partial charge in [-0.25, -0.2) is 0 Å². The molecule has 0 radical (unpaired) electrons. The monoisotopic (exact) mass is 321 g/mol. The highest BCUT2D eigenvalue weighted by molar-refractivity contribution is 6.42. The maximum atomic E-state index is 6.09. The summed E-state index contributed by atoms with van der Waals surface area (Å²) in [5, 5.41) is 4.81. The number of likely N-dealkylation sites (N-methyl/N-ethyl adjacent to an activating group) is 1. The molecule has 3 heteroatoms. The first-order valence-corrected chi connectivity index (χ1v) is 8.16. The molecule has 2 aromatic rings. The van der Waals surface area contributed by atoms with Crippen LogP contribution in [0.4, 0.5) is 0 Å². The lowest BCUT2D eigenvalue weighted by Crippen LogP contribution is -2.31. The van der Waals surface area contributed by atoms with Crippen molar-refractivity contribution in [2.45, 2.75) is 32.2 Å². The van der Waals surface area contributed by atoms with Crippen molar-refractivity contribution < 1.29 is 0 Å². The first-order valence-electron chi connectivity index (χ1n) is 7.40. The van der Waals surface area contributed by atoms with Crippen LogP contribution in [-0.4, -0.2) is 12.6 Å². The molecule has 21 heavy (non-hydrogen) atoms. The van der Waals surface area contributed by atoms with E-state index in [0.29, 0.717) is 16.1 Å². The second-order valence-electron chi connectivity index (χ2n) is 5.23. The Balaban J connectivity index is 1.96. The Morgan fingerprint density at radius 1 is 0.952 bits per heavy atom. The Hall–Kier alpha value is -1.02. The lowest BCUT2D eigenvalue weighted by molar-refractivity contribution is 0.491. The molecular weight excluding hydrogens is 301 g/mol. The quantitative estimate of drug-likeness (QED) is 0.743. The van der Waals surface area contributed by atoms with Gasteiger partial charge in [0.05, 0.1) is 10.0 Å². The predicted octanol–water partition coefficient (Wildman–Crippen LogP) is 5.15. The zero-order chi connectivity index (χ0) is 15.1. The van der Waals surface area contributed by atoms with Crippen LogP contribution >= 0.6 is 23.2 Å². The van der Waals surface area contributed by atoms with Crippen molar-refractivity contribution in [2.24, 2.45) is 0 Å². The maximum absolute atomic E-state index is 6.09. The van der Waals surface area contributed by atoms with Gasteiger partial charge in [-0.3, -0.25) is 0 Å². The van der Waals surface area contributed by atoms with Gasteiger partial charge in [0.25, 0.3) is 0 Å². The van der Waals surface area contributed by atoms with E-state index in [-0.39, 0.29) is 0 Å². The lowest BCUT2D eigenvalue weighted by Gasteiger charge is -2.18. The number of rotatable bonds is 7. The van der Waals surface area contributed by atoms with Crippen molar-refractivity contribution in [2.75, 3.05) is 6.54 Å². The van der Waals surface area contributed by atoms with Crippen LogP contribution in [0.2, 0.25) is 10.0 Å². The van der Waals surface area contributed by atoms with Crippen LogP contribution in [-0.2, 0) is 12.8 Å². The predicted molar refractivity (Wildman–Crippen MR) is 92.4 cm³/mol. The van der Waals surface area contributed by atoms with Gasteiger partial charge in [-0.05, 0) is 49.1 Å². The molecule has 0 amide bonds. The first kappa shape index (κ1) is 16.4. The molecule has 0 saturated heterocycles. The highest BCUT2D eigenvalue weighted by Gasteiger charge is 2.10. The van der Waals surface area contributed by atoms with Crippen molar-refractivity contribution in [3.63, 3.8) is 0 Å². The average molecular weight is 322 g/mol. The third-order valence-electron chi connectivity index (χ3n) is 3.58. The Bertz CT molecular complexity index is 554. The summed E-state index contributed by atoms with van der Waals surface area (Å²) in [5.74, 6) is 0. The van der Waals surface area contributed by atoms with Crippen molar-refractivity contribution in [3.05, 3.63) is 69.7 Å². The molecular formula is C18H21Cl2N. The van der Waals surface area contributed by atoms with E-state index in [1.165, 1.54) is 11.1 Å². The van der Waals surface area contributed by atoms with Crippen molar-refractivity contribution >= 4 is 23.2 Å². The summed E-state index contributed by atoms with van der Waals surface area (Å²) in [5.41, 5.74) is 2.61. The number of nitrogens with one attached hydrogen (secondary N) is 1. The molecule has 1 nitrogen and oxygen atoms in total. The standard InChI is InChI=1S/C18H21Cl2N/c1-2-21-16(10-8-14-6-4-3-5-7-14)12-15-9-11-17(19)18(20)13-15/h3-7,9,11,13,16,21H,2,8,10,12H2,1H3. The molecule has 0 aliphatic heterocycles. The molecule has 0 saturated carbocycles. The molecule has 0 aliphatic rings. The van der Waals surface area contributed by atoms with Gasteiger partial charge in [0, 0.05) is 6.04 Å². The Morgan fingerprint density at radius 3 is 2.38 bits per heavy atom. The zero-order valence-corrected chi connectivity index (χ0v) is 13.8. The van der Waals surface area contributed by atoms with E-state index in [9.17, 15) is 0 Å². The summed E-state index contributed by atoms with van der Waals surface area (Å²) in [7, 11) is 0. The minimum Gasteiger partial charge on any atom is -0.314 e. The Kier molecular flexibility index (Phi) is 6.56. The summed E-state index contributed by atoms with van der Waals surface area (Å²) in [6.45, 7) is 3.12. The molecule has 0 aliphatic carbocycles. The van der Waals surface area contributed by atoms with Gasteiger partial charge in [-0.1, -0.05) is 66.5 Å². The van der Waals surface area contributed by atoms with Gasteiger partial charge in [-0.15, -0.1) is 0 Å². The van der Waals surface area contributed by atoms with E-state index in [4.69, 9.17) is 23.2 Å². The van der Waals surface area contributed by atoms with Crippen molar-refractivity contribution in [3.8, 4) is 0 Å². The molecule has 1 unspecified atom stereocenters. The second-order valence-corrected chi connectivity index (χ2v) is 6.05. The van der Waals surface area contributed by atoms with Crippen LogP contribution < -0.4 is 5.32 Å². The van der Waals surface area contributed by atoms with Crippen LogP contribution in [0, 0.1) is 0 Å². The van der Waals surface area contributed by atoms with Crippen LogP contribution in [0.3, 0.4) is 0 Å². The van der Waals surface area contributed by atoms with E-state index in [2.05, 4.69) is 48.6 Å². The molecule has 0 heterocycles. The molecule has 2 rings (SSSR count). The van der Waals surface area contributed by atoms with E-state index >= 15 is 0 Å². The lowest BCUT2D eigenvalue weighted by atomic mass is 9.99. The van der Waals surface area contributed by atoms with Crippen LogP contribution in [0.5, 0.6) is 0 Å². The molecule has 0 spiro atoms. The van der Waals surface area contributed by atoms with E-state index < -0.39 is 0 Å². The van der Waals surface area contributed by atoms with Gasteiger partial charge in [0.2, 0.25) is 0 Å². The summed E-state index contributed by atoms with van der Waals surface area (Å²) in [6.07, 6.45) is 3.16. The summed E-state index contributed by atoms with van der Waals surface area (Å²) < 4.78 is 0. The average Bonchev–Trinajstić information content (AvgIpc) is 2.50. The van der Waals surface area contributed by atoms with Crippen LogP contribution in [0.15, 0.2) is 48.5 Å². The SMILES string of the molecule is CCNC(CCc1ccccc1)Cc1ccc(Cl)c(Cl)c1. The van der Waals surface area contributed by atoms with Crippen LogP contribution in [0.25, 0.3) is 0 Å². The first-order chi connectivity index (χ1) is 10.2. The fourth-order valence-electron chi connectivity index (χ4n) is 2.50. The highest BCUT2D eigenvalue weighted by Crippen LogP contribution is 2.23. The van der Waals surface area contributed by atoms with E-state index in [1.807, 2.05) is 12.1 Å². The number of benzene rings is 2. The number of hydrogen-bond acceptors (Lipinski definition) is 1. The van der Waals surface area contributed by atoms with Gasteiger partial charge in [0.15, 0.2) is 0 Å². The van der Waals surface area contributed by atoms with Crippen molar-refractivity contribution in [1.82, 2.24) is 5.32 Å². The molecule has 0 aromatic heterocycles. The van der Waals surface area contributed by atoms with Gasteiger partial charge >= 0.3 is 0 Å². The number of aryl methyl sites for hydroxylation is 1. The topological polar surface area (TPSA) is 12.0 Å². The van der Waals surface area contributed by atoms with E-state index in [1.54, 1.807) is 0 Å². The third kappa shape index (κ3) is 5.35. The molecule has 0 fully saturated rings. The Labute approximate surface area is 137 Å². The maximum Gasteiger partial charge on any atom is 0.0595 e. The number of halogens is 2. The number of hydrogen-bond donors (Lipinski definition) is 1. The van der Waals surface area contributed by atoms with Crippen molar-refractivity contribution in [1.29, 1.82) is 0 Å². The highest BCUT2D eigenvalue weighted by atomic mass is 35.5. The van der Waals surface area contributed by atoms with Gasteiger partial charge < -0.3 is 5.32 Å². The summed E-state index contributed by atoms with van der Waals surface area (Å²) in [4.78, 5) is 0. The molecule has 1 atom stereocenters. The molecule has 112 valence electrons. The van der Waals surface area contributed by atoms with Crippen LogP contribution in [0.1, 0.15) is 24.5 Å². The minimum absolute atomic E-state index is 0.451. The normalized spacial score (nSPS) is 12.3. The molecule has 0 bridgehead atoms. The van der Waals surface area contributed by atoms with Gasteiger partial charge in [-0.2, -0.15) is 0 Å². The minimum atomic E-state index is 0.451. The second kappa shape index (κ2) is 8.43. The fraction of sp³-hybridized carbons (Fsp3) is 0.333. The third-order valence-corrected chi connectivity index (χ3v) is 4.32. The summed E-state index contributed by atoms with van der Waals surface area (Å²) in [6, 6.07) is 17.0.